The minimum absolute atomic E-state index is 0.331. The van der Waals surface area contributed by atoms with Gasteiger partial charge >= 0.3 is 5.97 Å². The molecule has 0 aliphatic carbocycles. The third-order valence-electron chi connectivity index (χ3n) is 2.61. The second-order valence-electron chi connectivity index (χ2n) is 4.29. The van der Waals surface area contributed by atoms with Crippen LogP contribution in [-0.2, 0) is 9.53 Å². The number of carbonyl (C=O) groups excluding carboxylic acids is 1. The molecule has 0 aromatic heterocycles. The van der Waals surface area contributed by atoms with E-state index >= 15 is 0 Å². The molecule has 0 N–H and O–H groups in total. The summed E-state index contributed by atoms with van der Waals surface area (Å²) in [6, 6.07) is 0. The molecule has 0 rings (SSSR count). The fourth-order valence-electron chi connectivity index (χ4n) is 1.61. The van der Waals surface area contributed by atoms with Crippen LogP contribution in [0.25, 0.3) is 0 Å². The molecule has 0 saturated heterocycles. The van der Waals surface area contributed by atoms with Crippen molar-refractivity contribution in [1.82, 2.24) is 0 Å². The van der Waals surface area contributed by atoms with Gasteiger partial charge in [-0.15, -0.1) is 0 Å². The third-order valence-corrected chi connectivity index (χ3v) is 2.61. The van der Waals surface area contributed by atoms with Gasteiger partial charge in [0, 0.05) is 5.57 Å². The summed E-state index contributed by atoms with van der Waals surface area (Å²) >= 11 is 0. The van der Waals surface area contributed by atoms with Crippen LogP contribution >= 0.6 is 0 Å². The zero-order chi connectivity index (χ0) is 13.1. The molecule has 0 aliphatic heterocycles. The molecule has 1 unspecified atom stereocenters. The van der Waals surface area contributed by atoms with Crippen LogP contribution in [0.5, 0.6) is 0 Å². The van der Waals surface area contributed by atoms with Gasteiger partial charge in [0.25, 0.3) is 0 Å². The van der Waals surface area contributed by atoms with Crippen LogP contribution in [0, 0.1) is 0 Å². The van der Waals surface area contributed by atoms with E-state index in [1.165, 1.54) is 25.3 Å². The summed E-state index contributed by atoms with van der Waals surface area (Å²) in [6.45, 7) is 5.83. The molecule has 2 nitrogen and oxygen atoms in total. The lowest BCUT2D eigenvalue weighted by atomic mass is 10.1. The predicted octanol–water partition coefficient (Wildman–Crippen LogP) is 4.19. The molecule has 100 valence electrons. The van der Waals surface area contributed by atoms with Crippen molar-refractivity contribution < 1.29 is 13.9 Å². The first kappa shape index (κ1) is 16.1. The number of alkyl halides is 1. The molecule has 0 aromatic carbocycles. The first-order valence-corrected chi connectivity index (χ1v) is 6.61. The van der Waals surface area contributed by atoms with Gasteiger partial charge in [0.2, 0.25) is 0 Å². The zero-order valence-corrected chi connectivity index (χ0v) is 11.3. The van der Waals surface area contributed by atoms with Crippen LogP contribution in [0.1, 0.15) is 59.3 Å². The number of rotatable bonds is 9. The second kappa shape index (κ2) is 10.3. The fourth-order valence-corrected chi connectivity index (χ4v) is 1.61. The van der Waals surface area contributed by atoms with Gasteiger partial charge < -0.3 is 4.74 Å². The number of ether oxygens (including phenoxy) is 1. The maximum absolute atomic E-state index is 13.5. The van der Waals surface area contributed by atoms with Crippen LogP contribution in [0.2, 0.25) is 0 Å². The maximum Gasteiger partial charge on any atom is 0.333 e. The average molecular weight is 244 g/mol. The van der Waals surface area contributed by atoms with Crippen molar-refractivity contribution in [2.75, 3.05) is 6.61 Å². The highest BCUT2D eigenvalue weighted by atomic mass is 19.1. The van der Waals surface area contributed by atoms with Crippen LogP contribution < -0.4 is 0 Å². The minimum Gasteiger partial charge on any atom is -0.463 e. The van der Waals surface area contributed by atoms with E-state index in [4.69, 9.17) is 4.74 Å². The highest BCUT2D eigenvalue weighted by molar-refractivity contribution is 5.87. The molecular formula is C14H25FO2. The van der Waals surface area contributed by atoms with Crippen LogP contribution in [-0.4, -0.2) is 18.7 Å². The summed E-state index contributed by atoms with van der Waals surface area (Å²) in [5, 5.41) is 0. The Bertz CT molecular complexity index is 236. The highest BCUT2D eigenvalue weighted by Gasteiger charge is 2.09. The van der Waals surface area contributed by atoms with Gasteiger partial charge in [0.05, 0.1) is 6.61 Å². The lowest BCUT2D eigenvalue weighted by Crippen LogP contribution is -2.07. The van der Waals surface area contributed by atoms with Crippen molar-refractivity contribution in [3.05, 3.63) is 11.6 Å². The quantitative estimate of drug-likeness (QED) is 0.345. The van der Waals surface area contributed by atoms with E-state index in [-0.39, 0.29) is 0 Å². The molecule has 3 heteroatoms. The SMILES string of the molecule is CCCCCCCC(F)/C=C(\C)C(=O)OCC. The van der Waals surface area contributed by atoms with E-state index in [1.54, 1.807) is 13.8 Å². The van der Waals surface area contributed by atoms with Crippen molar-refractivity contribution in [2.24, 2.45) is 0 Å². The van der Waals surface area contributed by atoms with Gasteiger partial charge in [-0.25, -0.2) is 9.18 Å². The van der Waals surface area contributed by atoms with Crippen molar-refractivity contribution in [3.63, 3.8) is 0 Å². The Morgan fingerprint density at radius 1 is 1.24 bits per heavy atom. The normalized spacial score (nSPS) is 13.5. The molecule has 0 heterocycles. The van der Waals surface area contributed by atoms with E-state index in [2.05, 4.69) is 6.92 Å². The van der Waals surface area contributed by atoms with Gasteiger partial charge in [0.1, 0.15) is 6.17 Å². The Kier molecular flexibility index (Phi) is 9.78. The maximum atomic E-state index is 13.5. The average Bonchev–Trinajstić information content (AvgIpc) is 2.29. The summed E-state index contributed by atoms with van der Waals surface area (Å²) in [6.07, 6.45) is 6.38. The molecule has 17 heavy (non-hydrogen) atoms. The Morgan fingerprint density at radius 3 is 2.47 bits per heavy atom. The summed E-state index contributed by atoms with van der Waals surface area (Å²) in [5.41, 5.74) is 0.368. The summed E-state index contributed by atoms with van der Waals surface area (Å²) in [4.78, 5) is 11.2. The van der Waals surface area contributed by atoms with E-state index < -0.39 is 12.1 Å². The molecular weight excluding hydrogens is 219 g/mol. The molecule has 1 atom stereocenters. The zero-order valence-electron chi connectivity index (χ0n) is 11.3. The fraction of sp³-hybridized carbons (Fsp3) is 0.786. The molecule has 0 aromatic rings. The van der Waals surface area contributed by atoms with Gasteiger partial charge in [0.15, 0.2) is 0 Å². The Morgan fingerprint density at radius 2 is 1.88 bits per heavy atom. The van der Waals surface area contributed by atoms with E-state index in [1.807, 2.05) is 0 Å². The van der Waals surface area contributed by atoms with E-state index in [0.717, 1.165) is 12.8 Å². The van der Waals surface area contributed by atoms with Gasteiger partial charge in [-0.1, -0.05) is 39.0 Å². The van der Waals surface area contributed by atoms with Crippen molar-refractivity contribution >= 4 is 5.97 Å². The molecule has 0 aliphatic rings. The topological polar surface area (TPSA) is 26.3 Å². The number of allylic oxidation sites excluding steroid dienone is 1. The summed E-state index contributed by atoms with van der Waals surface area (Å²) < 4.78 is 18.3. The largest absolute Gasteiger partial charge is 0.463 e. The number of hydrogen-bond donors (Lipinski definition) is 0. The number of unbranched alkanes of at least 4 members (excludes halogenated alkanes) is 4. The summed E-state index contributed by atoms with van der Waals surface area (Å²) in [5.74, 6) is -0.416. The minimum atomic E-state index is -1.03. The summed E-state index contributed by atoms with van der Waals surface area (Å²) in [7, 11) is 0. The Hall–Kier alpha value is -0.860. The smallest absolute Gasteiger partial charge is 0.333 e. The number of halogens is 1. The monoisotopic (exact) mass is 244 g/mol. The van der Waals surface area contributed by atoms with E-state index in [9.17, 15) is 9.18 Å². The van der Waals surface area contributed by atoms with E-state index in [0.29, 0.717) is 18.6 Å². The molecule has 0 radical (unpaired) electrons. The first-order valence-electron chi connectivity index (χ1n) is 6.61. The van der Waals surface area contributed by atoms with Gasteiger partial charge in [-0.3, -0.25) is 0 Å². The lowest BCUT2D eigenvalue weighted by Gasteiger charge is -2.05. The predicted molar refractivity (Wildman–Crippen MR) is 68.7 cm³/mol. The van der Waals surface area contributed by atoms with Crippen LogP contribution in [0.15, 0.2) is 11.6 Å². The standard InChI is InChI=1S/C14H25FO2/c1-4-6-7-8-9-10-13(15)11-12(3)14(16)17-5-2/h11,13H,4-10H2,1-3H3/b12-11+. The Balaban J connectivity index is 3.78. The highest BCUT2D eigenvalue weighted by Crippen LogP contribution is 2.12. The van der Waals surface area contributed by atoms with Crippen molar-refractivity contribution in [1.29, 1.82) is 0 Å². The van der Waals surface area contributed by atoms with Crippen molar-refractivity contribution in [3.8, 4) is 0 Å². The lowest BCUT2D eigenvalue weighted by molar-refractivity contribution is -0.138. The second-order valence-corrected chi connectivity index (χ2v) is 4.29. The Labute approximate surface area is 104 Å². The molecule has 0 fully saturated rings. The van der Waals surface area contributed by atoms with Crippen molar-refractivity contribution in [2.45, 2.75) is 65.5 Å². The van der Waals surface area contributed by atoms with Gasteiger partial charge in [-0.05, 0) is 26.3 Å². The number of esters is 1. The number of carbonyl (C=O) groups is 1. The van der Waals surface area contributed by atoms with Crippen LogP contribution in [0.3, 0.4) is 0 Å². The molecule has 0 spiro atoms. The van der Waals surface area contributed by atoms with Crippen LogP contribution in [0.4, 0.5) is 4.39 Å². The first-order chi connectivity index (χ1) is 8.11. The molecule has 0 bridgehead atoms. The third kappa shape index (κ3) is 8.90. The molecule has 0 amide bonds. The van der Waals surface area contributed by atoms with Gasteiger partial charge in [-0.2, -0.15) is 0 Å². The number of hydrogen-bond acceptors (Lipinski definition) is 2. The molecule has 0 saturated carbocycles.